The maximum atomic E-state index is 12.9. The summed E-state index contributed by atoms with van der Waals surface area (Å²) in [4.78, 5) is 25.6. The van der Waals surface area contributed by atoms with Gasteiger partial charge in [-0.15, -0.1) is 11.3 Å². The molecule has 2 amide bonds. The van der Waals surface area contributed by atoms with E-state index in [1.165, 1.54) is 42.7 Å². The molecule has 1 aromatic heterocycles. The van der Waals surface area contributed by atoms with Crippen molar-refractivity contribution >= 4 is 73.5 Å². The Kier molecular flexibility index (Phi) is 7.67. The number of ether oxygens (including phenoxy) is 1. The number of methoxy groups -OCH3 is 1. The van der Waals surface area contributed by atoms with Crippen LogP contribution in [0.4, 0.5) is 24.5 Å². The Hall–Kier alpha value is -3.67. The zero-order valence-corrected chi connectivity index (χ0v) is 21.3. The van der Waals surface area contributed by atoms with Crippen molar-refractivity contribution in [3.05, 3.63) is 87.8 Å². The molecule has 190 valence electrons. The summed E-state index contributed by atoms with van der Waals surface area (Å²) in [6.07, 6.45) is -4.53. The second kappa shape index (κ2) is 10.8. The molecule has 1 heterocycles. The van der Waals surface area contributed by atoms with E-state index in [0.29, 0.717) is 16.8 Å². The molecule has 0 saturated carbocycles. The summed E-state index contributed by atoms with van der Waals surface area (Å²) >= 11 is 12.8. The van der Waals surface area contributed by atoms with E-state index in [1.54, 1.807) is 30.3 Å². The standard InChI is InChI=1S/C25H17ClF3N3O3S2/c1-35-17-8-9-18-19(12-17)37-21(20(18)26)23(34)32-24(36)31-15-6-2-4-13(10-15)22(33)30-16-7-3-5-14(11-16)25(27,28)29/h2-12H,1H3,(H,30,33)(H2,31,32,34,36). The number of thiophene rings is 1. The first-order chi connectivity index (χ1) is 17.5. The number of carbonyl (C=O) groups excluding carboxylic acids is 2. The molecule has 3 aromatic carbocycles. The van der Waals surface area contributed by atoms with E-state index >= 15 is 0 Å². The molecule has 0 aliphatic carbocycles. The Morgan fingerprint density at radius 3 is 2.35 bits per heavy atom. The van der Waals surface area contributed by atoms with Crippen LogP contribution in [0.5, 0.6) is 5.75 Å². The van der Waals surface area contributed by atoms with Gasteiger partial charge in [0, 0.05) is 27.0 Å². The number of carbonyl (C=O) groups is 2. The summed E-state index contributed by atoms with van der Waals surface area (Å²) < 4.78 is 44.8. The van der Waals surface area contributed by atoms with Crippen LogP contribution >= 0.6 is 35.2 Å². The molecule has 0 radical (unpaired) electrons. The number of thiocarbonyl (C=S) groups is 1. The van der Waals surface area contributed by atoms with E-state index < -0.39 is 23.6 Å². The van der Waals surface area contributed by atoms with Crippen LogP contribution in [0, 0.1) is 0 Å². The molecule has 0 unspecified atom stereocenters. The highest BCUT2D eigenvalue weighted by molar-refractivity contribution is 7.80. The molecule has 6 nitrogen and oxygen atoms in total. The number of anilines is 2. The molecule has 0 aliphatic rings. The maximum Gasteiger partial charge on any atom is 0.416 e. The van der Waals surface area contributed by atoms with Crippen molar-refractivity contribution in [3.8, 4) is 5.75 Å². The molecular formula is C25H17ClF3N3O3S2. The predicted molar refractivity (Wildman–Crippen MR) is 143 cm³/mol. The first kappa shape index (κ1) is 26.4. The fourth-order valence-corrected chi connectivity index (χ4v) is 5.01. The molecule has 4 rings (SSSR count). The number of amides is 2. The fraction of sp³-hybridized carbons (Fsp3) is 0.0800. The number of halogens is 4. The molecule has 4 aromatic rings. The third-order valence-corrected chi connectivity index (χ3v) is 6.96. The SMILES string of the molecule is COc1ccc2c(Cl)c(C(=O)NC(=S)Nc3cccc(C(=O)Nc4cccc(C(F)(F)F)c4)c3)sc2c1. The lowest BCUT2D eigenvalue weighted by atomic mass is 10.1. The van der Waals surface area contributed by atoms with E-state index in [2.05, 4.69) is 16.0 Å². The van der Waals surface area contributed by atoms with Gasteiger partial charge in [-0.25, -0.2) is 0 Å². The van der Waals surface area contributed by atoms with Crippen LogP contribution in [-0.2, 0) is 6.18 Å². The first-order valence-electron chi connectivity index (χ1n) is 10.5. The largest absolute Gasteiger partial charge is 0.497 e. The Labute approximate surface area is 223 Å². The molecule has 0 atom stereocenters. The van der Waals surface area contributed by atoms with Crippen molar-refractivity contribution < 1.29 is 27.5 Å². The third kappa shape index (κ3) is 6.19. The van der Waals surface area contributed by atoms with Gasteiger partial charge in [-0.05, 0) is 66.8 Å². The summed E-state index contributed by atoms with van der Waals surface area (Å²) in [5, 5.41) is 8.77. The summed E-state index contributed by atoms with van der Waals surface area (Å²) in [7, 11) is 1.54. The van der Waals surface area contributed by atoms with Gasteiger partial charge in [-0.1, -0.05) is 23.7 Å². The number of alkyl halides is 3. The molecule has 0 fully saturated rings. The molecule has 3 N–H and O–H groups in total. The van der Waals surface area contributed by atoms with Crippen LogP contribution in [0.2, 0.25) is 5.02 Å². The van der Waals surface area contributed by atoms with Gasteiger partial charge in [0.05, 0.1) is 17.7 Å². The van der Waals surface area contributed by atoms with E-state index in [4.69, 9.17) is 28.6 Å². The zero-order valence-electron chi connectivity index (χ0n) is 18.9. The minimum absolute atomic E-state index is 0.00111. The molecule has 12 heteroatoms. The van der Waals surface area contributed by atoms with Crippen LogP contribution in [0.1, 0.15) is 25.6 Å². The predicted octanol–water partition coefficient (Wildman–Crippen LogP) is 6.96. The Balaban J connectivity index is 1.42. The number of fused-ring (bicyclic) bond motifs is 1. The van der Waals surface area contributed by atoms with Crippen molar-refractivity contribution in [3.63, 3.8) is 0 Å². The second-order valence-corrected chi connectivity index (χ2v) is 9.47. The summed E-state index contributed by atoms with van der Waals surface area (Å²) in [6, 6.07) is 15.7. The highest BCUT2D eigenvalue weighted by Gasteiger charge is 2.30. The number of rotatable bonds is 5. The van der Waals surface area contributed by atoms with Crippen molar-refractivity contribution in [1.29, 1.82) is 0 Å². The van der Waals surface area contributed by atoms with Gasteiger partial charge in [0.25, 0.3) is 11.8 Å². The first-order valence-corrected chi connectivity index (χ1v) is 12.1. The zero-order chi connectivity index (χ0) is 26.7. The van der Waals surface area contributed by atoms with E-state index in [1.807, 2.05) is 0 Å². The molecule has 0 aliphatic heterocycles. The number of hydrogen-bond donors (Lipinski definition) is 3. The van der Waals surface area contributed by atoms with Crippen LogP contribution in [0.15, 0.2) is 66.7 Å². The minimum atomic E-state index is -4.53. The van der Waals surface area contributed by atoms with Crippen molar-refractivity contribution in [2.75, 3.05) is 17.7 Å². The van der Waals surface area contributed by atoms with E-state index in [-0.39, 0.29) is 26.3 Å². The van der Waals surface area contributed by atoms with Gasteiger partial charge in [-0.3, -0.25) is 14.9 Å². The van der Waals surface area contributed by atoms with Gasteiger partial charge in [-0.2, -0.15) is 13.2 Å². The smallest absolute Gasteiger partial charge is 0.416 e. The highest BCUT2D eigenvalue weighted by Crippen LogP contribution is 2.37. The monoisotopic (exact) mass is 563 g/mol. The second-order valence-electron chi connectivity index (χ2n) is 7.63. The number of benzene rings is 3. The van der Waals surface area contributed by atoms with Crippen LogP contribution < -0.4 is 20.7 Å². The lowest BCUT2D eigenvalue weighted by molar-refractivity contribution is -0.137. The summed E-state index contributed by atoms with van der Waals surface area (Å²) in [5.74, 6) is -0.502. The van der Waals surface area contributed by atoms with Crippen LogP contribution in [0.25, 0.3) is 10.1 Å². The van der Waals surface area contributed by atoms with Crippen molar-refractivity contribution in [2.24, 2.45) is 0 Å². The number of hydrogen-bond acceptors (Lipinski definition) is 5. The summed E-state index contributed by atoms with van der Waals surface area (Å²) in [5.41, 5.74) is -0.328. The maximum absolute atomic E-state index is 12.9. The van der Waals surface area contributed by atoms with Crippen LogP contribution in [0.3, 0.4) is 0 Å². The molecule has 37 heavy (non-hydrogen) atoms. The summed E-state index contributed by atoms with van der Waals surface area (Å²) in [6.45, 7) is 0. The van der Waals surface area contributed by atoms with Gasteiger partial charge in [0.15, 0.2) is 5.11 Å². The average molecular weight is 564 g/mol. The molecular weight excluding hydrogens is 547 g/mol. The normalized spacial score (nSPS) is 11.2. The third-order valence-electron chi connectivity index (χ3n) is 5.10. The van der Waals surface area contributed by atoms with Gasteiger partial charge in [0.2, 0.25) is 0 Å². The van der Waals surface area contributed by atoms with Crippen molar-refractivity contribution in [1.82, 2.24) is 5.32 Å². The fourth-order valence-electron chi connectivity index (χ4n) is 3.36. The Bertz CT molecular complexity index is 1520. The highest BCUT2D eigenvalue weighted by atomic mass is 35.5. The minimum Gasteiger partial charge on any atom is -0.497 e. The Morgan fingerprint density at radius 1 is 0.946 bits per heavy atom. The molecule has 0 spiro atoms. The van der Waals surface area contributed by atoms with Gasteiger partial charge in [0.1, 0.15) is 10.6 Å². The van der Waals surface area contributed by atoms with Crippen molar-refractivity contribution in [2.45, 2.75) is 6.18 Å². The number of nitrogens with one attached hydrogen (secondary N) is 3. The lowest BCUT2D eigenvalue weighted by Crippen LogP contribution is -2.33. The van der Waals surface area contributed by atoms with E-state index in [9.17, 15) is 22.8 Å². The Morgan fingerprint density at radius 2 is 1.65 bits per heavy atom. The van der Waals surface area contributed by atoms with Crippen LogP contribution in [-0.4, -0.2) is 24.0 Å². The van der Waals surface area contributed by atoms with E-state index in [0.717, 1.165) is 16.8 Å². The van der Waals surface area contributed by atoms with Gasteiger partial charge < -0.3 is 15.4 Å². The molecule has 0 saturated heterocycles. The van der Waals surface area contributed by atoms with Gasteiger partial charge >= 0.3 is 6.18 Å². The molecule has 0 bridgehead atoms. The average Bonchev–Trinajstić information content (AvgIpc) is 3.19. The lowest BCUT2D eigenvalue weighted by Gasteiger charge is -2.12. The quantitative estimate of drug-likeness (QED) is 0.229. The topological polar surface area (TPSA) is 79.5 Å².